The molecule has 0 spiro atoms. The largest absolute Gasteiger partial charge is 0.368 e. The summed E-state index contributed by atoms with van der Waals surface area (Å²) in [5.41, 5.74) is 4.16. The number of epoxide rings is 1. The Morgan fingerprint density at radius 1 is 0.629 bits per heavy atom. The van der Waals surface area contributed by atoms with Crippen LogP contribution in [0.2, 0.25) is 0 Å². The third-order valence-corrected chi connectivity index (χ3v) is 6.58. The molecule has 0 aromatic heterocycles. The molecule has 1 saturated heterocycles. The molecule has 178 valence electrons. The second kappa shape index (κ2) is 9.67. The van der Waals surface area contributed by atoms with Gasteiger partial charge in [-0.1, -0.05) is 79.7 Å². The summed E-state index contributed by atoms with van der Waals surface area (Å²) in [6, 6.07) is 20.8. The summed E-state index contributed by atoms with van der Waals surface area (Å²) in [5.74, 6) is -3.46. The van der Waals surface area contributed by atoms with E-state index < -0.39 is 23.3 Å². The van der Waals surface area contributed by atoms with Gasteiger partial charge in [0.05, 0.1) is 6.61 Å². The lowest BCUT2D eigenvalue weighted by atomic mass is 9.96. The zero-order chi connectivity index (χ0) is 24.5. The fourth-order valence-electron chi connectivity index (χ4n) is 4.32. The van der Waals surface area contributed by atoms with Crippen molar-refractivity contribution >= 4 is 0 Å². The Kier molecular flexibility index (Phi) is 6.44. The Hall–Kier alpha value is -3.44. The molecule has 0 N–H and O–H groups in total. The number of ether oxygens (including phenoxy) is 1. The molecule has 1 heterocycles. The summed E-state index contributed by atoms with van der Waals surface area (Å²) in [7, 11) is 0. The summed E-state index contributed by atoms with van der Waals surface area (Å²) in [5, 5.41) is 0. The smallest absolute Gasteiger partial charge is 0.167 e. The molecular weight excluding hydrogens is 452 g/mol. The molecule has 5 rings (SSSR count). The zero-order valence-electron chi connectivity index (χ0n) is 19.3. The lowest BCUT2D eigenvalue weighted by Gasteiger charge is -2.11. The van der Waals surface area contributed by atoms with Crippen molar-refractivity contribution in [3.8, 4) is 22.3 Å². The number of rotatable bonds is 7. The Bertz CT molecular complexity index is 1360. The van der Waals surface area contributed by atoms with E-state index in [9.17, 15) is 17.6 Å². The Balaban J connectivity index is 1.29. The summed E-state index contributed by atoms with van der Waals surface area (Å²) < 4.78 is 63.6. The summed E-state index contributed by atoms with van der Waals surface area (Å²) in [4.78, 5) is 0. The predicted molar refractivity (Wildman–Crippen MR) is 129 cm³/mol. The molecule has 35 heavy (non-hydrogen) atoms. The maximum atomic E-state index is 14.8. The lowest BCUT2D eigenvalue weighted by Crippen LogP contribution is -2.00. The van der Waals surface area contributed by atoms with Gasteiger partial charge in [-0.15, -0.1) is 0 Å². The number of benzene rings is 4. The molecule has 1 aliphatic heterocycles. The van der Waals surface area contributed by atoms with Crippen molar-refractivity contribution in [3.63, 3.8) is 0 Å². The third-order valence-electron chi connectivity index (χ3n) is 6.58. The summed E-state index contributed by atoms with van der Waals surface area (Å²) in [6.07, 6.45) is 1.32. The van der Waals surface area contributed by atoms with Gasteiger partial charge in [-0.25, -0.2) is 17.6 Å². The van der Waals surface area contributed by atoms with Crippen LogP contribution >= 0.6 is 0 Å². The van der Waals surface area contributed by atoms with E-state index in [0.717, 1.165) is 17.5 Å². The number of halogens is 4. The average molecular weight is 477 g/mol. The minimum absolute atomic E-state index is 0.175. The standard InChI is InChI=1S/C30H24F4O/c1-2-18-3-8-20(9-4-18)23-14-13-22(27(31)28(23)32)12-7-19-5-10-21(11-6-19)24-15-16-25(26-17-35-26)30(34)29(24)33/h3-6,8-11,13-16,26H,2,7,12,17H2,1H3. The molecule has 0 saturated carbocycles. The normalized spacial score (nSPS) is 14.8. The quantitative estimate of drug-likeness (QED) is 0.194. The number of hydrogen-bond donors (Lipinski definition) is 0. The monoisotopic (exact) mass is 476 g/mol. The molecule has 0 aliphatic carbocycles. The lowest BCUT2D eigenvalue weighted by molar-refractivity contribution is 0.401. The minimum Gasteiger partial charge on any atom is -0.368 e. The van der Waals surface area contributed by atoms with Crippen LogP contribution in [0.25, 0.3) is 22.3 Å². The molecule has 5 heteroatoms. The van der Waals surface area contributed by atoms with E-state index in [1.54, 1.807) is 60.7 Å². The van der Waals surface area contributed by atoms with Crippen molar-refractivity contribution in [2.45, 2.75) is 32.3 Å². The maximum Gasteiger partial charge on any atom is 0.167 e. The molecule has 0 amide bonds. The van der Waals surface area contributed by atoms with Gasteiger partial charge >= 0.3 is 0 Å². The number of hydrogen-bond acceptors (Lipinski definition) is 1. The topological polar surface area (TPSA) is 12.5 Å². The van der Waals surface area contributed by atoms with Gasteiger partial charge in [0, 0.05) is 16.7 Å². The van der Waals surface area contributed by atoms with Crippen LogP contribution in [0.1, 0.15) is 35.3 Å². The highest BCUT2D eigenvalue weighted by Gasteiger charge is 2.30. The van der Waals surface area contributed by atoms with Crippen molar-refractivity contribution in [3.05, 3.63) is 118 Å². The molecule has 1 aliphatic rings. The van der Waals surface area contributed by atoms with Gasteiger partial charge in [0.1, 0.15) is 6.10 Å². The molecule has 1 unspecified atom stereocenters. The highest BCUT2D eigenvalue weighted by atomic mass is 19.2. The summed E-state index contributed by atoms with van der Waals surface area (Å²) in [6.45, 7) is 2.45. The average Bonchev–Trinajstić information content (AvgIpc) is 3.72. The van der Waals surface area contributed by atoms with Gasteiger partial charge in [0.15, 0.2) is 23.3 Å². The first-order valence-corrected chi connectivity index (χ1v) is 11.7. The van der Waals surface area contributed by atoms with Gasteiger partial charge in [-0.05, 0) is 47.1 Å². The molecule has 0 bridgehead atoms. The fraction of sp³-hybridized carbons (Fsp3) is 0.200. The third kappa shape index (κ3) is 4.73. The highest BCUT2D eigenvalue weighted by Crippen LogP contribution is 2.36. The van der Waals surface area contributed by atoms with Gasteiger partial charge < -0.3 is 4.74 Å². The first-order chi connectivity index (χ1) is 17.0. The number of aryl methyl sites for hydroxylation is 3. The van der Waals surface area contributed by atoms with Crippen LogP contribution in [0, 0.1) is 23.3 Å². The molecule has 1 atom stereocenters. The SMILES string of the molecule is CCc1ccc(-c2ccc(CCc3ccc(-c4ccc(C5CO5)c(F)c4F)cc3)c(F)c2F)cc1. The van der Waals surface area contributed by atoms with Crippen LogP contribution in [0.3, 0.4) is 0 Å². The predicted octanol–water partition coefficient (Wildman–Crippen LogP) is 8.00. The first kappa shape index (κ1) is 23.3. The Morgan fingerprint density at radius 3 is 1.74 bits per heavy atom. The van der Waals surface area contributed by atoms with E-state index in [4.69, 9.17) is 4.74 Å². The van der Waals surface area contributed by atoms with Gasteiger partial charge in [-0.2, -0.15) is 0 Å². The van der Waals surface area contributed by atoms with E-state index in [0.29, 0.717) is 36.1 Å². The van der Waals surface area contributed by atoms with Crippen molar-refractivity contribution in [2.75, 3.05) is 6.61 Å². The van der Waals surface area contributed by atoms with Crippen molar-refractivity contribution < 1.29 is 22.3 Å². The molecular formula is C30H24F4O. The minimum atomic E-state index is -0.896. The van der Waals surface area contributed by atoms with Crippen LogP contribution in [0.5, 0.6) is 0 Å². The molecule has 1 nitrogen and oxygen atoms in total. The van der Waals surface area contributed by atoms with Crippen LogP contribution in [0.15, 0.2) is 72.8 Å². The highest BCUT2D eigenvalue weighted by molar-refractivity contribution is 5.66. The van der Waals surface area contributed by atoms with Crippen LogP contribution < -0.4 is 0 Å². The fourth-order valence-corrected chi connectivity index (χ4v) is 4.32. The summed E-state index contributed by atoms with van der Waals surface area (Å²) >= 11 is 0. The first-order valence-electron chi connectivity index (χ1n) is 11.7. The van der Waals surface area contributed by atoms with Gasteiger partial charge in [0.25, 0.3) is 0 Å². The van der Waals surface area contributed by atoms with Crippen LogP contribution in [-0.4, -0.2) is 6.61 Å². The molecule has 4 aromatic rings. The Labute approximate surface area is 202 Å². The zero-order valence-corrected chi connectivity index (χ0v) is 19.3. The van der Waals surface area contributed by atoms with E-state index in [2.05, 4.69) is 0 Å². The second-order valence-corrected chi connectivity index (χ2v) is 8.80. The van der Waals surface area contributed by atoms with Crippen LogP contribution in [-0.2, 0) is 24.0 Å². The molecule has 1 fully saturated rings. The van der Waals surface area contributed by atoms with Gasteiger partial charge in [-0.3, -0.25) is 0 Å². The maximum absolute atomic E-state index is 14.8. The van der Waals surface area contributed by atoms with Gasteiger partial charge in [0.2, 0.25) is 0 Å². The molecule has 4 aromatic carbocycles. The van der Waals surface area contributed by atoms with Crippen molar-refractivity contribution in [1.82, 2.24) is 0 Å². The Morgan fingerprint density at radius 2 is 1.17 bits per heavy atom. The van der Waals surface area contributed by atoms with E-state index in [1.165, 1.54) is 0 Å². The second-order valence-electron chi connectivity index (χ2n) is 8.80. The van der Waals surface area contributed by atoms with E-state index >= 15 is 0 Å². The van der Waals surface area contributed by atoms with E-state index in [1.807, 2.05) is 19.1 Å². The van der Waals surface area contributed by atoms with Crippen molar-refractivity contribution in [2.24, 2.45) is 0 Å². The van der Waals surface area contributed by atoms with Crippen molar-refractivity contribution in [1.29, 1.82) is 0 Å². The van der Waals surface area contributed by atoms with Crippen LogP contribution in [0.4, 0.5) is 17.6 Å². The van der Waals surface area contributed by atoms with E-state index in [-0.39, 0.29) is 22.8 Å². The molecule has 0 radical (unpaired) electrons.